The first-order chi connectivity index (χ1) is 8.19. The quantitative estimate of drug-likeness (QED) is 0.465. The Morgan fingerprint density at radius 1 is 0.944 bits per heavy atom. The smallest absolute Gasteiger partial charge is 0.0480 e. The van der Waals surface area contributed by atoms with Gasteiger partial charge in [-0.1, -0.05) is 0 Å². The zero-order valence-corrected chi connectivity index (χ0v) is 11.6. The summed E-state index contributed by atoms with van der Waals surface area (Å²) >= 11 is 0. The van der Waals surface area contributed by atoms with Crippen molar-refractivity contribution in [3.8, 4) is 0 Å². The fourth-order valence-electron chi connectivity index (χ4n) is 1.73. The predicted molar refractivity (Wildman–Crippen MR) is 63.4 cm³/mol. The minimum absolute atomic E-state index is 0.240. The van der Waals surface area contributed by atoms with Gasteiger partial charge in [0.15, 0.2) is 0 Å². The molecule has 0 saturated heterocycles. The molecule has 0 radical (unpaired) electrons. The molecule has 0 heterocycles. The van der Waals surface area contributed by atoms with E-state index in [1.807, 2.05) is 38.0 Å². The number of carboxylic acid groups (broad SMARTS) is 2. The fraction of sp³-hybridized carbons (Fsp3) is 0.833. The molecular weight excluding hydrogens is 236 g/mol. The highest BCUT2D eigenvalue weighted by Crippen LogP contribution is 2.30. The van der Waals surface area contributed by atoms with Gasteiger partial charge in [-0.2, -0.15) is 0 Å². The van der Waals surface area contributed by atoms with Crippen molar-refractivity contribution in [1.82, 2.24) is 9.80 Å². The summed E-state index contributed by atoms with van der Waals surface area (Å²) in [7, 11) is 7.24. The minimum Gasteiger partial charge on any atom is -0.550 e. The van der Waals surface area contributed by atoms with Gasteiger partial charge in [0.1, 0.15) is 0 Å². The lowest BCUT2D eigenvalue weighted by atomic mass is 9.77. The van der Waals surface area contributed by atoms with Gasteiger partial charge in [0.25, 0.3) is 0 Å². The third-order valence-electron chi connectivity index (χ3n) is 2.99. The van der Waals surface area contributed by atoms with Crippen molar-refractivity contribution >= 4 is 11.9 Å². The van der Waals surface area contributed by atoms with E-state index in [4.69, 9.17) is 0 Å². The maximum Gasteiger partial charge on any atom is 0.0480 e. The average molecular weight is 258 g/mol. The van der Waals surface area contributed by atoms with Gasteiger partial charge in [-0.05, 0) is 60.5 Å². The molecule has 0 aromatic heterocycles. The SMILES string of the molecule is CN(C)CCC(CCN(C)C)(CC(=O)[O-])C(=O)[O-]. The molecule has 0 aliphatic rings. The van der Waals surface area contributed by atoms with Gasteiger partial charge >= 0.3 is 0 Å². The van der Waals surface area contributed by atoms with E-state index in [1.165, 1.54) is 0 Å². The van der Waals surface area contributed by atoms with Gasteiger partial charge < -0.3 is 29.6 Å². The summed E-state index contributed by atoms with van der Waals surface area (Å²) in [6.07, 6.45) is -0.0225. The van der Waals surface area contributed by atoms with Crippen LogP contribution in [0, 0.1) is 5.41 Å². The van der Waals surface area contributed by atoms with Crippen molar-refractivity contribution in [3.63, 3.8) is 0 Å². The van der Waals surface area contributed by atoms with Crippen LogP contribution in [0.5, 0.6) is 0 Å². The van der Waals surface area contributed by atoms with Crippen molar-refractivity contribution in [2.75, 3.05) is 41.3 Å². The van der Waals surface area contributed by atoms with E-state index in [9.17, 15) is 19.8 Å². The van der Waals surface area contributed by atoms with Crippen molar-refractivity contribution in [2.24, 2.45) is 5.41 Å². The first kappa shape index (κ1) is 16.9. The maximum atomic E-state index is 11.3. The van der Waals surface area contributed by atoms with Crippen LogP contribution in [0.4, 0.5) is 0 Å². The first-order valence-corrected chi connectivity index (χ1v) is 5.90. The number of aliphatic carboxylic acids is 2. The number of hydrogen-bond acceptors (Lipinski definition) is 6. The predicted octanol–water partition coefficient (Wildman–Crippen LogP) is -2.23. The molecule has 6 heteroatoms. The Hall–Kier alpha value is -1.14. The van der Waals surface area contributed by atoms with Crippen LogP contribution in [0.15, 0.2) is 0 Å². The molecule has 0 fully saturated rings. The first-order valence-electron chi connectivity index (χ1n) is 5.90. The second kappa shape index (κ2) is 7.33. The van der Waals surface area contributed by atoms with Crippen LogP contribution in [0.25, 0.3) is 0 Å². The van der Waals surface area contributed by atoms with Crippen molar-refractivity contribution < 1.29 is 19.8 Å². The molecule has 0 unspecified atom stereocenters. The lowest BCUT2D eigenvalue weighted by Gasteiger charge is -2.37. The zero-order valence-electron chi connectivity index (χ0n) is 11.6. The molecule has 0 saturated carbocycles. The van der Waals surface area contributed by atoms with Gasteiger partial charge in [0, 0.05) is 17.4 Å². The van der Waals surface area contributed by atoms with Crippen LogP contribution in [0.3, 0.4) is 0 Å². The lowest BCUT2D eigenvalue weighted by Crippen LogP contribution is -2.48. The van der Waals surface area contributed by atoms with Crippen molar-refractivity contribution in [2.45, 2.75) is 19.3 Å². The van der Waals surface area contributed by atoms with E-state index in [1.54, 1.807) is 0 Å². The summed E-state index contributed by atoms with van der Waals surface area (Å²) in [6.45, 7) is 0.989. The van der Waals surface area contributed by atoms with Crippen LogP contribution >= 0.6 is 0 Å². The molecule has 0 spiro atoms. The summed E-state index contributed by atoms with van der Waals surface area (Å²) in [5.41, 5.74) is -1.35. The Morgan fingerprint density at radius 2 is 1.33 bits per heavy atom. The van der Waals surface area contributed by atoms with Crippen LogP contribution in [-0.2, 0) is 9.59 Å². The molecule has 0 bridgehead atoms. The van der Waals surface area contributed by atoms with E-state index in [-0.39, 0.29) is 12.8 Å². The number of carbonyl (C=O) groups is 2. The van der Waals surface area contributed by atoms with Gasteiger partial charge in [-0.3, -0.25) is 0 Å². The molecule has 0 rings (SSSR count). The molecule has 6 nitrogen and oxygen atoms in total. The third-order valence-corrected chi connectivity index (χ3v) is 2.99. The Labute approximate surface area is 108 Å². The normalized spacial score (nSPS) is 12.1. The van der Waals surface area contributed by atoms with E-state index >= 15 is 0 Å². The van der Waals surface area contributed by atoms with Gasteiger partial charge in [0.05, 0.1) is 0 Å². The lowest BCUT2D eigenvalue weighted by molar-refractivity contribution is -0.329. The Bertz CT molecular complexity index is 278. The van der Waals surface area contributed by atoms with Crippen LogP contribution in [-0.4, -0.2) is 63.0 Å². The highest BCUT2D eigenvalue weighted by Gasteiger charge is 2.31. The number of carbonyl (C=O) groups excluding carboxylic acids is 2. The Morgan fingerprint density at radius 3 is 1.56 bits per heavy atom. The van der Waals surface area contributed by atoms with Crippen LogP contribution in [0.2, 0.25) is 0 Å². The summed E-state index contributed by atoms with van der Waals surface area (Å²) in [4.78, 5) is 25.8. The molecule has 0 aliphatic heterocycles. The van der Waals surface area contributed by atoms with E-state index in [0.29, 0.717) is 13.1 Å². The number of hydrogen-bond donors (Lipinski definition) is 0. The fourth-order valence-corrected chi connectivity index (χ4v) is 1.73. The largest absolute Gasteiger partial charge is 0.550 e. The molecule has 18 heavy (non-hydrogen) atoms. The van der Waals surface area contributed by atoms with Gasteiger partial charge in [-0.15, -0.1) is 0 Å². The van der Waals surface area contributed by atoms with E-state index < -0.39 is 23.8 Å². The van der Waals surface area contributed by atoms with Crippen LogP contribution in [0.1, 0.15) is 19.3 Å². The summed E-state index contributed by atoms with van der Waals surface area (Å²) in [6, 6.07) is 0. The van der Waals surface area contributed by atoms with Crippen molar-refractivity contribution in [3.05, 3.63) is 0 Å². The van der Waals surface area contributed by atoms with E-state index in [2.05, 4.69) is 0 Å². The monoisotopic (exact) mass is 258 g/mol. The Balaban J connectivity index is 4.89. The summed E-state index contributed by atoms with van der Waals surface area (Å²) in [5.74, 6) is -2.66. The standard InChI is InChI=1S/C12H24N2O4/c1-13(2)7-5-12(11(17)18,9-10(15)16)6-8-14(3)4/h5-9H2,1-4H3,(H,15,16)(H,17,18)/p-2. The summed E-state index contributed by atoms with van der Waals surface area (Å²) < 4.78 is 0. The molecule has 106 valence electrons. The summed E-state index contributed by atoms with van der Waals surface area (Å²) in [5, 5.41) is 22.1. The van der Waals surface area contributed by atoms with Gasteiger partial charge in [0.2, 0.25) is 0 Å². The third kappa shape index (κ3) is 5.97. The van der Waals surface area contributed by atoms with E-state index in [0.717, 1.165) is 0 Å². The number of rotatable bonds is 9. The Kier molecular flexibility index (Phi) is 6.86. The zero-order chi connectivity index (χ0) is 14.3. The maximum absolute atomic E-state index is 11.3. The highest BCUT2D eigenvalue weighted by atomic mass is 16.4. The minimum atomic E-state index is -1.35. The molecule has 0 aliphatic carbocycles. The molecule has 0 aromatic carbocycles. The molecular formula is C12H22N2O4-2. The number of carboxylic acids is 2. The highest BCUT2D eigenvalue weighted by molar-refractivity contribution is 5.79. The second-order valence-corrected chi connectivity index (χ2v) is 5.22. The molecule has 0 N–H and O–H groups in total. The van der Waals surface area contributed by atoms with Gasteiger partial charge in [-0.25, -0.2) is 0 Å². The molecule has 0 atom stereocenters. The van der Waals surface area contributed by atoms with Crippen molar-refractivity contribution in [1.29, 1.82) is 0 Å². The van der Waals surface area contributed by atoms with Crippen LogP contribution < -0.4 is 10.2 Å². The topological polar surface area (TPSA) is 86.7 Å². The second-order valence-electron chi connectivity index (χ2n) is 5.22. The number of nitrogens with zero attached hydrogens (tertiary/aromatic N) is 2. The average Bonchev–Trinajstić information content (AvgIpc) is 2.21. The molecule has 0 aromatic rings. The molecule has 0 amide bonds.